The average molecular weight is 301 g/mol. The molecule has 0 bridgehead atoms. The van der Waals surface area contributed by atoms with Crippen molar-refractivity contribution in [2.45, 2.75) is 20.8 Å². The number of rotatable bonds is 4. The van der Waals surface area contributed by atoms with Crippen molar-refractivity contribution >= 4 is 17.5 Å². The van der Waals surface area contributed by atoms with Crippen LogP contribution >= 0.6 is 0 Å². The number of aromatic nitrogens is 1. The summed E-state index contributed by atoms with van der Waals surface area (Å²) in [7, 11) is 1.54. The molecule has 1 N–H and O–H groups in total. The van der Waals surface area contributed by atoms with Crippen LogP contribution in [0.5, 0.6) is 0 Å². The van der Waals surface area contributed by atoms with Crippen LogP contribution in [0.4, 0.5) is 5.69 Å². The minimum absolute atomic E-state index is 0.0635. The Hall–Kier alpha value is -2.63. The summed E-state index contributed by atoms with van der Waals surface area (Å²) in [5, 5.41) is 6.48. The fraction of sp³-hybridized carbons (Fsp3) is 0.312. The number of anilines is 1. The predicted octanol–water partition coefficient (Wildman–Crippen LogP) is 2.31. The fourth-order valence-corrected chi connectivity index (χ4v) is 2.02. The Bertz CT molecular complexity index is 706. The normalized spacial score (nSPS) is 10.4. The lowest BCUT2D eigenvalue weighted by atomic mass is 10.1. The second-order valence-electron chi connectivity index (χ2n) is 5.29. The molecule has 116 valence electrons. The van der Waals surface area contributed by atoms with Gasteiger partial charge in [0.15, 0.2) is 0 Å². The summed E-state index contributed by atoms with van der Waals surface area (Å²) in [6.45, 7) is 5.59. The lowest BCUT2D eigenvalue weighted by molar-refractivity contribution is -0.116. The zero-order chi connectivity index (χ0) is 16.3. The first-order chi connectivity index (χ1) is 10.4. The SMILES string of the molecule is Cc1cc(C(=O)N(C)CC(=O)Nc2cccc(C)c2C)on1. The number of carbonyl (C=O) groups excluding carboxylic acids is 2. The number of amides is 2. The zero-order valence-electron chi connectivity index (χ0n) is 13.1. The van der Waals surface area contributed by atoms with E-state index >= 15 is 0 Å². The zero-order valence-corrected chi connectivity index (χ0v) is 13.1. The first-order valence-electron chi connectivity index (χ1n) is 6.93. The van der Waals surface area contributed by atoms with E-state index in [2.05, 4.69) is 10.5 Å². The Morgan fingerprint density at radius 1 is 1.27 bits per heavy atom. The van der Waals surface area contributed by atoms with Gasteiger partial charge in [-0.15, -0.1) is 0 Å². The molecule has 2 aromatic rings. The molecule has 0 saturated heterocycles. The molecular weight excluding hydrogens is 282 g/mol. The second kappa shape index (κ2) is 6.43. The van der Waals surface area contributed by atoms with E-state index in [0.717, 1.165) is 16.8 Å². The monoisotopic (exact) mass is 301 g/mol. The van der Waals surface area contributed by atoms with Gasteiger partial charge in [-0.05, 0) is 38.0 Å². The molecule has 0 spiro atoms. The van der Waals surface area contributed by atoms with Gasteiger partial charge in [0, 0.05) is 18.8 Å². The molecule has 6 heteroatoms. The van der Waals surface area contributed by atoms with Crippen molar-refractivity contribution in [3.63, 3.8) is 0 Å². The highest BCUT2D eigenvalue weighted by atomic mass is 16.5. The number of nitrogens with one attached hydrogen (secondary N) is 1. The van der Waals surface area contributed by atoms with E-state index in [-0.39, 0.29) is 24.1 Å². The van der Waals surface area contributed by atoms with Crippen molar-refractivity contribution in [3.8, 4) is 0 Å². The maximum absolute atomic E-state index is 12.1. The number of hydrogen-bond donors (Lipinski definition) is 1. The van der Waals surface area contributed by atoms with Gasteiger partial charge < -0.3 is 14.7 Å². The quantitative estimate of drug-likeness (QED) is 0.940. The molecule has 1 aromatic carbocycles. The number of hydrogen-bond acceptors (Lipinski definition) is 4. The van der Waals surface area contributed by atoms with Crippen LogP contribution in [0.3, 0.4) is 0 Å². The van der Waals surface area contributed by atoms with Crippen molar-refractivity contribution in [1.29, 1.82) is 0 Å². The van der Waals surface area contributed by atoms with Gasteiger partial charge in [-0.25, -0.2) is 0 Å². The van der Waals surface area contributed by atoms with Crippen molar-refractivity contribution in [2.75, 3.05) is 18.9 Å². The van der Waals surface area contributed by atoms with Gasteiger partial charge in [-0.2, -0.15) is 0 Å². The minimum Gasteiger partial charge on any atom is -0.351 e. The van der Waals surface area contributed by atoms with E-state index < -0.39 is 0 Å². The van der Waals surface area contributed by atoms with Gasteiger partial charge in [0.1, 0.15) is 0 Å². The third-order valence-corrected chi connectivity index (χ3v) is 3.44. The lowest BCUT2D eigenvalue weighted by Gasteiger charge is -2.16. The van der Waals surface area contributed by atoms with Crippen molar-refractivity contribution < 1.29 is 14.1 Å². The molecule has 6 nitrogen and oxygen atoms in total. The van der Waals surface area contributed by atoms with E-state index in [4.69, 9.17) is 4.52 Å². The van der Waals surface area contributed by atoms with Crippen LogP contribution in [0.25, 0.3) is 0 Å². The third kappa shape index (κ3) is 3.52. The smallest absolute Gasteiger partial charge is 0.292 e. The van der Waals surface area contributed by atoms with Crippen LogP contribution in [0.2, 0.25) is 0 Å². The predicted molar refractivity (Wildman–Crippen MR) is 82.7 cm³/mol. The minimum atomic E-state index is -0.378. The molecule has 0 unspecified atom stereocenters. The van der Waals surface area contributed by atoms with Crippen LogP contribution in [0.1, 0.15) is 27.4 Å². The number of carbonyl (C=O) groups is 2. The van der Waals surface area contributed by atoms with Crippen molar-refractivity contribution in [2.24, 2.45) is 0 Å². The molecule has 0 fully saturated rings. The summed E-state index contributed by atoms with van der Waals surface area (Å²) in [6.07, 6.45) is 0. The molecule has 0 atom stereocenters. The number of aryl methyl sites for hydroxylation is 2. The van der Waals surface area contributed by atoms with Gasteiger partial charge in [0.25, 0.3) is 5.91 Å². The molecule has 0 aliphatic rings. The Balaban J connectivity index is 1.99. The summed E-state index contributed by atoms with van der Waals surface area (Å²) in [5.74, 6) is -0.517. The fourth-order valence-electron chi connectivity index (χ4n) is 2.02. The summed E-state index contributed by atoms with van der Waals surface area (Å²) < 4.78 is 4.91. The summed E-state index contributed by atoms with van der Waals surface area (Å²) >= 11 is 0. The lowest BCUT2D eigenvalue weighted by Crippen LogP contribution is -2.34. The summed E-state index contributed by atoms with van der Waals surface area (Å²) in [6, 6.07) is 7.24. The summed E-state index contributed by atoms with van der Waals surface area (Å²) in [4.78, 5) is 25.4. The molecule has 2 rings (SSSR count). The van der Waals surface area contributed by atoms with E-state index in [1.54, 1.807) is 20.0 Å². The molecule has 1 aromatic heterocycles. The molecule has 2 amide bonds. The molecular formula is C16H19N3O3. The van der Waals surface area contributed by atoms with E-state index in [0.29, 0.717) is 5.69 Å². The highest BCUT2D eigenvalue weighted by Gasteiger charge is 2.19. The Kier molecular flexibility index (Phi) is 4.60. The Morgan fingerprint density at radius 2 is 2.00 bits per heavy atom. The highest BCUT2D eigenvalue weighted by Crippen LogP contribution is 2.17. The topological polar surface area (TPSA) is 75.4 Å². The number of benzene rings is 1. The maximum Gasteiger partial charge on any atom is 0.292 e. The van der Waals surface area contributed by atoms with Gasteiger partial charge in [0.05, 0.1) is 12.2 Å². The molecule has 0 saturated carbocycles. The van der Waals surface area contributed by atoms with E-state index in [9.17, 15) is 9.59 Å². The van der Waals surface area contributed by atoms with Crippen molar-refractivity contribution in [1.82, 2.24) is 10.1 Å². The number of likely N-dealkylation sites (N-methyl/N-ethyl adjacent to an activating group) is 1. The van der Waals surface area contributed by atoms with Crippen LogP contribution in [0.15, 0.2) is 28.8 Å². The second-order valence-corrected chi connectivity index (χ2v) is 5.29. The molecule has 0 radical (unpaired) electrons. The van der Waals surface area contributed by atoms with E-state index in [1.165, 1.54) is 4.90 Å². The van der Waals surface area contributed by atoms with Gasteiger partial charge in [0.2, 0.25) is 11.7 Å². The van der Waals surface area contributed by atoms with Gasteiger partial charge >= 0.3 is 0 Å². The van der Waals surface area contributed by atoms with Gasteiger partial charge in [-0.3, -0.25) is 9.59 Å². The highest BCUT2D eigenvalue weighted by molar-refractivity contribution is 5.98. The first-order valence-corrected chi connectivity index (χ1v) is 6.93. The van der Waals surface area contributed by atoms with Crippen LogP contribution in [-0.4, -0.2) is 35.5 Å². The Morgan fingerprint density at radius 3 is 2.64 bits per heavy atom. The van der Waals surface area contributed by atoms with Gasteiger partial charge in [-0.1, -0.05) is 17.3 Å². The molecule has 0 aliphatic heterocycles. The number of nitrogens with zero attached hydrogens (tertiary/aromatic N) is 2. The standard InChI is InChI=1S/C16H19N3O3/c1-10-6-5-7-13(12(10)3)17-15(20)9-19(4)16(21)14-8-11(2)18-22-14/h5-8H,9H2,1-4H3,(H,17,20). The van der Waals surface area contributed by atoms with Crippen LogP contribution in [0, 0.1) is 20.8 Å². The van der Waals surface area contributed by atoms with E-state index in [1.807, 2.05) is 32.0 Å². The summed E-state index contributed by atoms with van der Waals surface area (Å²) in [5.41, 5.74) is 3.48. The molecule has 1 heterocycles. The average Bonchev–Trinajstić information content (AvgIpc) is 2.89. The molecule has 0 aliphatic carbocycles. The van der Waals surface area contributed by atoms with Crippen LogP contribution in [-0.2, 0) is 4.79 Å². The molecule has 22 heavy (non-hydrogen) atoms. The largest absolute Gasteiger partial charge is 0.351 e. The van der Waals surface area contributed by atoms with Crippen LogP contribution < -0.4 is 5.32 Å². The first kappa shape index (κ1) is 15.8. The third-order valence-electron chi connectivity index (χ3n) is 3.44. The van der Waals surface area contributed by atoms with Crippen molar-refractivity contribution in [3.05, 3.63) is 46.8 Å². The Labute approximate surface area is 129 Å². The maximum atomic E-state index is 12.1.